The Bertz CT molecular complexity index is 1190. The van der Waals surface area contributed by atoms with Crippen LogP contribution < -0.4 is 14.4 Å². The number of hydrogen-bond acceptors (Lipinski definition) is 4. The van der Waals surface area contributed by atoms with Gasteiger partial charge in [-0.2, -0.15) is 0 Å². The molecule has 3 aromatic carbocycles. The van der Waals surface area contributed by atoms with Crippen LogP contribution in [0, 0.1) is 6.92 Å². The highest BCUT2D eigenvalue weighted by Crippen LogP contribution is 2.26. The van der Waals surface area contributed by atoms with E-state index in [0.717, 1.165) is 21.2 Å². The van der Waals surface area contributed by atoms with E-state index in [4.69, 9.17) is 16.3 Å². The molecule has 0 aromatic heterocycles. The minimum atomic E-state index is -3.99. The fourth-order valence-corrected chi connectivity index (χ4v) is 4.73. The first kappa shape index (κ1) is 24.6. The molecule has 0 unspecified atom stereocenters. The van der Waals surface area contributed by atoms with Crippen molar-refractivity contribution in [1.29, 1.82) is 0 Å². The van der Waals surface area contributed by atoms with Crippen LogP contribution in [0.25, 0.3) is 0 Å². The van der Waals surface area contributed by atoms with Gasteiger partial charge in [-0.05, 0) is 68.8 Å². The van der Waals surface area contributed by atoms with E-state index in [-0.39, 0.29) is 24.1 Å². The maximum Gasteiger partial charge on any atom is 0.264 e. The molecule has 0 aliphatic rings. The van der Waals surface area contributed by atoms with Crippen LogP contribution in [-0.2, 0) is 21.4 Å². The van der Waals surface area contributed by atoms with E-state index in [1.807, 2.05) is 45.0 Å². The smallest absolute Gasteiger partial charge is 0.264 e. The number of anilines is 1. The second kappa shape index (κ2) is 10.7. The van der Waals surface area contributed by atoms with E-state index in [0.29, 0.717) is 10.7 Å². The number of hydrogen-bond donors (Lipinski definition) is 1. The lowest BCUT2D eigenvalue weighted by molar-refractivity contribution is -0.119. The van der Waals surface area contributed by atoms with Crippen molar-refractivity contribution in [2.75, 3.05) is 10.8 Å². The zero-order valence-corrected chi connectivity index (χ0v) is 20.4. The number of halogens is 1. The molecule has 1 N–H and O–H groups in total. The fourth-order valence-electron chi connectivity index (χ4n) is 3.13. The molecule has 0 atom stereocenters. The minimum Gasteiger partial charge on any atom is -0.491 e. The monoisotopic (exact) mass is 486 g/mol. The third-order valence-corrected chi connectivity index (χ3v) is 6.80. The van der Waals surface area contributed by atoms with Crippen LogP contribution in [0.4, 0.5) is 5.69 Å². The van der Waals surface area contributed by atoms with E-state index in [1.54, 1.807) is 30.3 Å². The van der Waals surface area contributed by atoms with Gasteiger partial charge in [0.2, 0.25) is 5.91 Å². The Morgan fingerprint density at radius 3 is 2.30 bits per heavy atom. The molecule has 0 aliphatic heterocycles. The number of ether oxygens (including phenoxy) is 1. The summed E-state index contributed by atoms with van der Waals surface area (Å²) in [5, 5.41) is 3.16. The molecule has 0 radical (unpaired) electrons. The fraction of sp³-hybridized carbons (Fsp3) is 0.240. The van der Waals surface area contributed by atoms with Crippen molar-refractivity contribution in [3.05, 3.63) is 88.9 Å². The van der Waals surface area contributed by atoms with Crippen molar-refractivity contribution in [3.63, 3.8) is 0 Å². The minimum absolute atomic E-state index is 0.0727. The maximum absolute atomic E-state index is 13.4. The van der Waals surface area contributed by atoms with Crippen molar-refractivity contribution >= 4 is 33.2 Å². The molecular formula is C25H27ClN2O4S. The van der Waals surface area contributed by atoms with Gasteiger partial charge in [-0.1, -0.05) is 47.5 Å². The molecule has 3 rings (SSSR count). The molecule has 1 amide bonds. The van der Waals surface area contributed by atoms with Gasteiger partial charge >= 0.3 is 0 Å². The van der Waals surface area contributed by atoms with Crippen molar-refractivity contribution < 1.29 is 17.9 Å². The molecule has 3 aromatic rings. The molecule has 0 aliphatic carbocycles. The average Bonchev–Trinajstić information content (AvgIpc) is 2.77. The highest BCUT2D eigenvalue weighted by atomic mass is 35.5. The van der Waals surface area contributed by atoms with Crippen LogP contribution >= 0.6 is 11.6 Å². The molecular weight excluding hydrogens is 460 g/mol. The van der Waals surface area contributed by atoms with Gasteiger partial charge in [0.1, 0.15) is 12.3 Å². The van der Waals surface area contributed by atoms with Gasteiger partial charge in [0.25, 0.3) is 10.0 Å². The summed E-state index contributed by atoms with van der Waals surface area (Å²) in [4.78, 5) is 12.9. The second-order valence-corrected chi connectivity index (χ2v) is 10.2. The largest absolute Gasteiger partial charge is 0.491 e. The van der Waals surface area contributed by atoms with Gasteiger partial charge in [0.15, 0.2) is 0 Å². The quantitative estimate of drug-likeness (QED) is 0.464. The summed E-state index contributed by atoms with van der Waals surface area (Å²) in [5.41, 5.74) is 2.12. The molecule has 0 spiro atoms. The van der Waals surface area contributed by atoms with Gasteiger partial charge < -0.3 is 10.1 Å². The summed E-state index contributed by atoms with van der Waals surface area (Å²) in [5.74, 6) is 0.310. The van der Waals surface area contributed by atoms with Crippen LogP contribution in [0.15, 0.2) is 77.7 Å². The van der Waals surface area contributed by atoms with E-state index >= 15 is 0 Å². The predicted molar refractivity (Wildman–Crippen MR) is 131 cm³/mol. The van der Waals surface area contributed by atoms with E-state index in [2.05, 4.69) is 5.32 Å². The highest BCUT2D eigenvalue weighted by molar-refractivity contribution is 7.92. The predicted octanol–water partition coefficient (Wildman–Crippen LogP) is 4.95. The van der Waals surface area contributed by atoms with Gasteiger partial charge in [-0.3, -0.25) is 9.10 Å². The Hall–Kier alpha value is -3.03. The molecule has 33 heavy (non-hydrogen) atoms. The third-order valence-electron chi connectivity index (χ3n) is 4.78. The van der Waals surface area contributed by atoms with Crippen LogP contribution in [-0.4, -0.2) is 27.0 Å². The number of nitrogens with zero attached hydrogens (tertiary/aromatic N) is 1. The third kappa shape index (κ3) is 6.73. The van der Waals surface area contributed by atoms with Crippen molar-refractivity contribution in [3.8, 4) is 5.75 Å². The van der Waals surface area contributed by atoms with Gasteiger partial charge in [0.05, 0.1) is 16.7 Å². The Morgan fingerprint density at radius 2 is 1.70 bits per heavy atom. The van der Waals surface area contributed by atoms with Gasteiger partial charge in [-0.25, -0.2) is 8.42 Å². The summed E-state index contributed by atoms with van der Waals surface area (Å²) >= 11 is 6.10. The second-order valence-electron chi connectivity index (χ2n) is 7.89. The molecule has 0 fully saturated rings. The summed E-state index contributed by atoms with van der Waals surface area (Å²) in [6.07, 6.45) is 0.0727. The number of benzene rings is 3. The van der Waals surface area contributed by atoms with Crippen LogP contribution in [0.3, 0.4) is 0 Å². The normalized spacial score (nSPS) is 11.3. The van der Waals surface area contributed by atoms with E-state index in [1.165, 1.54) is 18.2 Å². The standard InChI is InChI=1S/C25H27ClN2O4S/c1-18(2)32-23-11-9-20(10-12-23)16-27-25(29)17-28(22-6-4-5-21(26)15-22)33(30,31)24-13-7-19(3)8-14-24/h4-15,18H,16-17H2,1-3H3,(H,27,29). The van der Waals surface area contributed by atoms with Crippen LogP contribution in [0.2, 0.25) is 5.02 Å². The number of aryl methyl sites for hydroxylation is 1. The first-order valence-corrected chi connectivity index (χ1v) is 12.3. The first-order valence-electron chi connectivity index (χ1n) is 10.5. The Labute approximate surface area is 200 Å². The molecule has 0 heterocycles. The summed E-state index contributed by atoms with van der Waals surface area (Å²) in [7, 11) is -3.99. The highest BCUT2D eigenvalue weighted by Gasteiger charge is 2.27. The lowest BCUT2D eigenvalue weighted by Crippen LogP contribution is -2.40. The average molecular weight is 487 g/mol. The summed E-state index contributed by atoms with van der Waals surface area (Å²) < 4.78 is 33.4. The number of carbonyl (C=O) groups is 1. The van der Waals surface area contributed by atoms with Gasteiger partial charge in [0, 0.05) is 11.6 Å². The number of rotatable bonds is 9. The lowest BCUT2D eigenvalue weighted by Gasteiger charge is -2.24. The number of nitrogens with one attached hydrogen (secondary N) is 1. The topological polar surface area (TPSA) is 75.7 Å². The number of carbonyl (C=O) groups excluding carboxylic acids is 1. The first-order chi connectivity index (χ1) is 15.6. The van der Waals surface area contributed by atoms with Gasteiger partial charge in [-0.15, -0.1) is 0 Å². The zero-order valence-electron chi connectivity index (χ0n) is 18.8. The number of amides is 1. The van der Waals surface area contributed by atoms with E-state index < -0.39 is 15.9 Å². The Morgan fingerprint density at radius 1 is 1.03 bits per heavy atom. The Kier molecular flexibility index (Phi) is 8.00. The van der Waals surface area contributed by atoms with Crippen molar-refractivity contribution in [1.82, 2.24) is 5.32 Å². The summed E-state index contributed by atoms with van der Waals surface area (Å²) in [6, 6.07) is 20.3. The maximum atomic E-state index is 13.4. The van der Waals surface area contributed by atoms with E-state index in [9.17, 15) is 13.2 Å². The van der Waals surface area contributed by atoms with Crippen LogP contribution in [0.5, 0.6) is 5.75 Å². The SMILES string of the molecule is Cc1ccc(S(=O)(=O)N(CC(=O)NCc2ccc(OC(C)C)cc2)c2cccc(Cl)c2)cc1. The molecule has 174 valence electrons. The summed E-state index contributed by atoms with van der Waals surface area (Å²) in [6.45, 7) is 5.65. The number of sulfonamides is 1. The Balaban J connectivity index is 1.77. The molecule has 8 heteroatoms. The molecule has 0 saturated heterocycles. The molecule has 0 bridgehead atoms. The molecule has 6 nitrogen and oxygen atoms in total. The lowest BCUT2D eigenvalue weighted by atomic mass is 10.2. The van der Waals surface area contributed by atoms with Crippen molar-refractivity contribution in [2.45, 2.75) is 38.3 Å². The van der Waals surface area contributed by atoms with Crippen LogP contribution in [0.1, 0.15) is 25.0 Å². The van der Waals surface area contributed by atoms with Crippen molar-refractivity contribution in [2.24, 2.45) is 0 Å². The zero-order chi connectivity index (χ0) is 24.0. The molecule has 0 saturated carbocycles.